The number of anilines is 2. The molecule has 2 heterocycles. The van der Waals surface area contributed by atoms with E-state index in [0.29, 0.717) is 12.8 Å². The quantitative estimate of drug-likeness (QED) is 0.340. The maximum absolute atomic E-state index is 12.2. The van der Waals surface area contributed by atoms with Crippen LogP contribution < -0.4 is 10.0 Å². The first-order chi connectivity index (χ1) is 16.7. The summed E-state index contributed by atoms with van der Waals surface area (Å²) in [7, 11) is 0. The van der Waals surface area contributed by atoms with Crippen molar-refractivity contribution in [2.24, 2.45) is 10.2 Å². The first-order valence-electron chi connectivity index (χ1n) is 11.7. The Morgan fingerprint density at radius 3 is 1.44 bits per heavy atom. The number of amides is 2. The minimum Gasteiger partial charge on any atom is -0.272 e. The van der Waals surface area contributed by atoms with Crippen molar-refractivity contribution in [3.05, 3.63) is 60.7 Å². The lowest BCUT2D eigenvalue weighted by Crippen LogP contribution is -2.19. The molecule has 0 saturated heterocycles. The maximum atomic E-state index is 12.2. The molecular weight excluding hydrogens is 464 g/mol. The van der Waals surface area contributed by atoms with Crippen LogP contribution in [0, 0.1) is 0 Å². The van der Waals surface area contributed by atoms with Crippen molar-refractivity contribution in [2.45, 2.75) is 38.5 Å². The third-order valence-corrected chi connectivity index (χ3v) is 7.76. The number of thioether (sulfide) groups is 2. The minimum atomic E-state index is 0.0556. The molecule has 0 unspecified atom stereocenters. The van der Waals surface area contributed by atoms with Crippen molar-refractivity contribution in [1.82, 2.24) is 0 Å². The van der Waals surface area contributed by atoms with Gasteiger partial charge in [0.2, 0.25) is 0 Å². The van der Waals surface area contributed by atoms with Gasteiger partial charge in [-0.1, -0.05) is 49.2 Å². The van der Waals surface area contributed by atoms with Gasteiger partial charge in [0.1, 0.15) is 0 Å². The Balaban J connectivity index is 1.03. The van der Waals surface area contributed by atoms with Crippen LogP contribution in [0.4, 0.5) is 11.4 Å². The SMILES string of the molecule is O=C1CC(CSCCCCCCSCC2=NN(c3ccccc3)C(=O)C2)=NN1c1ccccc1. The predicted octanol–water partition coefficient (Wildman–Crippen LogP) is 5.60. The van der Waals surface area contributed by atoms with E-state index in [9.17, 15) is 9.59 Å². The van der Waals surface area contributed by atoms with E-state index in [2.05, 4.69) is 10.2 Å². The smallest absolute Gasteiger partial charge is 0.253 e. The third kappa shape index (κ3) is 6.96. The minimum absolute atomic E-state index is 0.0556. The van der Waals surface area contributed by atoms with E-state index in [1.807, 2.05) is 84.2 Å². The molecule has 0 radical (unpaired) electrons. The summed E-state index contributed by atoms with van der Waals surface area (Å²) in [4.78, 5) is 24.4. The standard InChI is InChI=1S/C26H30N4O2S2/c31-25-17-21(27-29(25)23-11-5-3-6-12-23)19-33-15-9-1-2-10-16-34-20-22-18-26(32)30(28-22)24-13-7-4-8-14-24/h3-8,11-14H,1-2,9-10,15-20H2. The fourth-order valence-electron chi connectivity index (χ4n) is 3.81. The molecule has 2 aliphatic rings. The number of rotatable bonds is 13. The van der Waals surface area contributed by atoms with Gasteiger partial charge in [0.15, 0.2) is 0 Å². The van der Waals surface area contributed by atoms with Crippen molar-refractivity contribution in [1.29, 1.82) is 0 Å². The topological polar surface area (TPSA) is 65.3 Å². The van der Waals surface area contributed by atoms with Gasteiger partial charge in [-0.3, -0.25) is 9.59 Å². The van der Waals surface area contributed by atoms with E-state index < -0.39 is 0 Å². The normalized spacial score (nSPS) is 15.8. The van der Waals surface area contributed by atoms with E-state index in [1.165, 1.54) is 35.7 Å². The predicted molar refractivity (Wildman–Crippen MR) is 145 cm³/mol. The Morgan fingerprint density at radius 2 is 1.03 bits per heavy atom. The Kier molecular flexibility index (Phi) is 9.21. The summed E-state index contributed by atoms with van der Waals surface area (Å²) in [5.74, 6) is 3.96. The zero-order chi connectivity index (χ0) is 23.6. The van der Waals surface area contributed by atoms with E-state index in [0.717, 1.165) is 45.8 Å². The first kappa shape index (κ1) is 24.5. The fourth-order valence-corrected chi connectivity index (χ4v) is 5.70. The molecule has 0 aliphatic carbocycles. The Bertz CT molecular complexity index is 944. The zero-order valence-corrected chi connectivity index (χ0v) is 20.9. The molecule has 0 bridgehead atoms. The maximum Gasteiger partial charge on any atom is 0.253 e. The van der Waals surface area contributed by atoms with Crippen molar-refractivity contribution in [3.8, 4) is 0 Å². The van der Waals surface area contributed by atoms with Crippen molar-refractivity contribution >= 4 is 58.1 Å². The molecule has 6 nitrogen and oxygen atoms in total. The second-order valence-corrected chi connectivity index (χ2v) is 10.5. The number of para-hydroxylation sites is 2. The number of unbranched alkanes of at least 4 members (excludes halogenated alkanes) is 3. The zero-order valence-electron chi connectivity index (χ0n) is 19.3. The van der Waals surface area contributed by atoms with Crippen LogP contribution in [0.15, 0.2) is 70.9 Å². The van der Waals surface area contributed by atoms with Gasteiger partial charge in [-0.05, 0) is 48.6 Å². The van der Waals surface area contributed by atoms with Gasteiger partial charge in [0.25, 0.3) is 11.8 Å². The first-order valence-corrected chi connectivity index (χ1v) is 14.1. The van der Waals surface area contributed by atoms with Crippen LogP contribution >= 0.6 is 23.5 Å². The fraction of sp³-hybridized carbons (Fsp3) is 0.385. The van der Waals surface area contributed by atoms with Gasteiger partial charge in [-0.25, -0.2) is 10.0 Å². The molecule has 0 spiro atoms. The van der Waals surface area contributed by atoms with Crippen LogP contribution in [0.3, 0.4) is 0 Å². The van der Waals surface area contributed by atoms with Gasteiger partial charge >= 0.3 is 0 Å². The largest absolute Gasteiger partial charge is 0.272 e. The second-order valence-electron chi connectivity index (χ2n) is 8.29. The highest BCUT2D eigenvalue weighted by atomic mass is 32.2. The molecule has 0 N–H and O–H groups in total. The number of hydrazone groups is 2. The highest BCUT2D eigenvalue weighted by Gasteiger charge is 2.25. The van der Waals surface area contributed by atoms with E-state index in [-0.39, 0.29) is 11.8 Å². The molecule has 34 heavy (non-hydrogen) atoms. The molecule has 178 valence electrons. The highest BCUT2D eigenvalue weighted by molar-refractivity contribution is 8.00. The molecule has 2 amide bonds. The molecule has 2 aliphatic heterocycles. The van der Waals surface area contributed by atoms with Crippen LogP contribution in [-0.4, -0.2) is 46.2 Å². The lowest BCUT2D eigenvalue weighted by molar-refractivity contribution is -0.117. The monoisotopic (exact) mass is 494 g/mol. The highest BCUT2D eigenvalue weighted by Crippen LogP contribution is 2.23. The number of carbonyl (C=O) groups excluding carboxylic acids is 2. The summed E-state index contributed by atoms with van der Waals surface area (Å²) < 4.78 is 0. The number of hydrogen-bond acceptors (Lipinski definition) is 6. The van der Waals surface area contributed by atoms with Gasteiger partial charge in [-0.15, -0.1) is 0 Å². The third-order valence-electron chi connectivity index (χ3n) is 5.53. The van der Waals surface area contributed by atoms with Gasteiger partial charge < -0.3 is 0 Å². The van der Waals surface area contributed by atoms with Crippen molar-refractivity contribution in [2.75, 3.05) is 33.0 Å². The van der Waals surface area contributed by atoms with Crippen LogP contribution in [0.2, 0.25) is 0 Å². The summed E-state index contributed by atoms with van der Waals surface area (Å²) in [5, 5.41) is 12.1. The second kappa shape index (κ2) is 12.8. The molecule has 0 fully saturated rings. The molecule has 2 aromatic carbocycles. The molecule has 8 heteroatoms. The summed E-state index contributed by atoms with van der Waals surface area (Å²) in [6.45, 7) is 0. The molecule has 0 saturated carbocycles. The van der Waals surface area contributed by atoms with E-state index >= 15 is 0 Å². The number of nitrogens with zero attached hydrogens (tertiary/aromatic N) is 4. The van der Waals surface area contributed by atoms with Crippen molar-refractivity contribution < 1.29 is 9.59 Å². The molecule has 0 aromatic heterocycles. The van der Waals surface area contributed by atoms with Crippen LogP contribution in [-0.2, 0) is 9.59 Å². The van der Waals surface area contributed by atoms with Gasteiger partial charge in [0.05, 0.1) is 35.6 Å². The Hall–Kier alpha value is -2.58. The summed E-state index contributed by atoms with van der Waals surface area (Å²) in [6, 6.07) is 19.2. The summed E-state index contributed by atoms with van der Waals surface area (Å²) in [6.07, 6.45) is 5.67. The number of benzene rings is 2. The molecule has 2 aromatic rings. The molecular formula is C26H30N4O2S2. The van der Waals surface area contributed by atoms with Crippen LogP contribution in [0.1, 0.15) is 38.5 Å². The number of hydrogen-bond donors (Lipinski definition) is 0. The summed E-state index contributed by atoms with van der Waals surface area (Å²) >= 11 is 3.73. The Labute approximate surface area is 209 Å². The number of carbonyl (C=O) groups is 2. The van der Waals surface area contributed by atoms with Crippen LogP contribution in [0.25, 0.3) is 0 Å². The van der Waals surface area contributed by atoms with Crippen molar-refractivity contribution in [3.63, 3.8) is 0 Å². The van der Waals surface area contributed by atoms with E-state index in [1.54, 1.807) is 0 Å². The van der Waals surface area contributed by atoms with E-state index in [4.69, 9.17) is 0 Å². The van der Waals surface area contributed by atoms with Gasteiger partial charge in [0, 0.05) is 11.5 Å². The molecule has 0 atom stereocenters. The average molecular weight is 495 g/mol. The lowest BCUT2D eigenvalue weighted by Gasteiger charge is -2.10. The average Bonchev–Trinajstić information content (AvgIpc) is 3.43. The molecule has 4 rings (SSSR count). The summed E-state index contributed by atoms with van der Waals surface area (Å²) in [5.41, 5.74) is 3.61. The Morgan fingerprint density at radius 1 is 0.618 bits per heavy atom. The van der Waals surface area contributed by atoms with Crippen LogP contribution in [0.5, 0.6) is 0 Å². The lowest BCUT2D eigenvalue weighted by atomic mass is 10.2. The van der Waals surface area contributed by atoms with Gasteiger partial charge in [-0.2, -0.15) is 33.7 Å².